The summed E-state index contributed by atoms with van der Waals surface area (Å²) in [6.45, 7) is 0.161. The first kappa shape index (κ1) is 16.1. The first-order valence-corrected chi connectivity index (χ1v) is 8.31. The van der Waals surface area contributed by atoms with Crippen LogP contribution in [0.1, 0.15) is 11.3 Å². The summed E-state index contributed by atoms with van der Waals surface area (Å²) in [5, 5.41) is 5.33. The summed E-state index contributed by atoms with van der Waals surface area (Å²) < 4.78 is 13.5. The number of rotatable bonds is 5. The van der Waals surface area contributed by atoms with Gasteiger partial charge < -0.3 is 11.1 Å². The Morgan fingerprint density at radius 3 is 2.71 bits per heavy atom. The summed E-state index contributed by atoms with van der Waals surface area (Å²) in [6, 6.07) is 13.9. The van der Waals surface area contributed by atoms with Crippen LogP contribution in [0.15, 0.2) is 53.9 Å². The van der Waals surface area contributed by atoms with Crippen molar-refractivity contribution < 1.29 is 9.18 Å². The molecular weight excluding hydrogens is 325 g/mol. The Labute approximate surface area is 143 Å². The summed E-state index contributed by atoms with van der Waals surface area (Å²) in [5.74, 6) is -0.524. The van der Waals surface area contributed by atoms with Crippen LogP contribution in [-0.2, 0) is 17.8 Å². The van der Waals surface area contributed by atoms with Crippen molar-refractivity contribution in [2.24, 2.45) is 0 Å². The van der Waals surface area contributed by atoms with Crippen molar-refractivity contribution in [2.45, 2.75) is 13.0 Å². The number of anilines is 1. The molecule has 1 aromatic heterocycles. The molecule has 0 saturated carbocycles. The molecule has 0 bridgehead atoms. The minimum Gasteiger partial charge on any atom is -0.398 e. The molecule has 0 fully saturated rings. The number of aromatic nitrogens is 1. The number of carbonyl (C=O) groups is 1. The molecule has 1 amide bonds. The van der Waals surface area contributed by atoms with E-state index in [1.54, 1.807) is 18.2 Å². The van der Waals surface area contributed by atoms with E-state index in [1.807, 2.05) is 29.6 Å². The number of carbonyl (C=O) groups excluding carboxylic acids is 1. The molecule has 122 valence electrons. The number of para-hydroxylation sites is 1. The van der Waals surface area contributed by atoms with Crippen molar-refractivity contribution in [3.63, 3.8) is 0 Å². The molecule has 24 heavy (non-hydrogen) atoms. The van der Waals surface area contributed by atoms with Gasteiger partial charge in [0.15, 0.2) is 0 Å². The number of amides is 1. The van der Waals surface area contributed by atoms with E-state index >= 15 is 0 Å². The van der Waals surface area contributed by atoms with Crippen LogP contribution in [-0.4, -0.2) is 10.9 Å². The van der Waals surface area contributed by atoms with Crippen molar-refractivity contribution in [2.75, 3.05) is 5.73 Å². The van der Waals surface area contributed by atoms with Gasteiger partial charge in [0.25, 0.3) is 0 Å². The zero-order chi connectivity index (χ0) is 16.9. The number of nitrogens with two attached hydrogens (primary N) is 1. The summed E-state index contributed by atoms with van der Waals surface area (Å²) >= 11 is 1.44. The van der Waals surface area contributed by atoms with Gasteiger partial charge in [-0.05, 0) is 18.2 Å². The lowest BCUT2D eigenvalue weighted by molar-refractivity contribution is -0.120. The van der Waals surface area contributed by atoms with Gasteiger partial charge in [-0.25, -0.2) is 9.37 Å². The molecule has 4 nitrogen and oxygen atoms in total. The predicted octanol–water partition coefficient (Wildman–Crippen LogP) is 3.39. The lowest BCUT2D eigenvalue weighted by Gasteiger charge is -2.05. The van der Waals surface area contributed by atoms with E-state index in [1.165, 1.54) is 17.4 Å². The maximum atomic E-state index is 13.5. The number of nitrogens with zero attached hydrogens (tertiary/aromatic N) is 1. The van der Waals surface area contributed by atoms with Crippen LogP contribution < -0.4 is 11.1 Å². The van der Waals surface area contributed by atoms with Gasteiger partial charge in [0.2, 0.25) is 5.91 Å². The van der Waals surface area contributed by atoms with Gasteiger partial charge in [-0.15, -0.1) is 11.3 Å². The Hall–Kier alpha value is -2.73. The largest absolute Gasteiger partial charge is 0.398 e. The van der Waals surface area contributed by atoms with E-state index in [9.17, 15) is 9.18 Å². The fourth-order valence-electron chi connectivity index (χ4n) is 2.27. The van der Waals surface area contributed by atoms with E-state index in [4.69, 9.17) is 5.73 Å². The van der Waals surface area contributed by atoms with Gasteiger partial charge >= 0.3 is 0 Å². The molecule has 0 atom stereocenters. The van der Waals surface area contributed by atoms with E-state index in [0.717, 1.165) is 10.6 Å². The zero-order valence-electron chi connectivity index (χ0n) is 12.8. The van der Waals surface area contributed by atoms with Gasteiger partial charge in [-0.2, -0.15) is 0 Å². The summed E-state index contributed by atoms with van der Waals surface area (Å²) in [5.41, 5.74) is 8.59. The van der Waals surface area contributed by atoms with Gasteiger partial charge in [0.05, 0.1) is 12.1 Å². The van der Waals surface area contributed by atoms with Crippen molar-refractivity contribution in [3.05, 3.63) is 71.0 Å². The van der Waals surface area contributed by atoms with Crippen LogP contribution in [0.3, 0.4) is 0 Å². The molecule has 6 heteroatoms. The molecule has 0 radical (unpaired) electrons. The smallest absolute Gasteiger partial charge is 0.226 e. The maximum absolute atomic E-state index is 13.5. The Kier molecular flexibility index (Phi) is 4.86. The molecule has 3 N–H and O–H groups in total. The van der Waals surface area contributed by atoms with Crippen LogP contribution in [0.25, 0.3) is 10.6 Å². The summed E-state index contributed by atoms with van der Waals surface area (Å²) in [6.07, 6.45) is 0.150. The Balaban J connectivity index is 1.62. The summed E-state index contributed by atoms with van der Waals surface area (Å²) in [4.78, 5) is 16.5. The van der Waals surface area contributed by atoms with Gasteiger partial charge in [-0.3, -0.25) is 4.79 Å². The monoisotopic (exact) mass is 341 g/mol. The molecule has 0 saturated heterocycles. The van der Waals surface area contributed by atoms with Crippen molar-refractivity contribution >= 4 is 22.9 Å². The van der Waals surface area contributed by atoms with Gasteiger partial charge in [-0.1, -0.05) is 30.3 Å². The molecule has 0 unspecified atom stereocenters. The lowest BCUT2D eigenvalue weighted by atomic mass is 10.2. The van der Waals surface area contributed by atoms with Crippen molar-refractivity contribution in [1.29, 1.82) is 0 Å². The van der Waals surface area contributed by atoms with Crippen LogP contribution in [0.4, 0.5) is 10.1 Å². The molecular formula is C18H16FN3OS. The number of nitrogens with one attached hydrogen (secondary N) is 1. The standard InChI is InChI=1S/C18H16FN3OS/c19-15-7-3-1-5-12(15)10-21-17(23)9-13-11-24-18(22-13)14-6-2-4-8-16(14)20/h1-8,11H,9-10,20H2,(H,21,23). The van der Waals surface area contributed by atoms with Crippen LogP contribution in [0.2, 0.25) is 0 Å². The Morgan fingerprint density at radius 1 is 1.17 bits per heavy atom. The highest BCUT2D eigenvalue weighted by atomic mass is 32.1. The quantitative estimate of drug-likeness (QED) is 0.699. The summed E-state index contributed by atoms with van der Waals surface area (Å²) in [7, 11) is 0. The first-order chi connectivity index (χ1) is 11.6. The minimum absolute atomic E-state index is 0.150. The second-order valence-electron chi connectivity index (χ2n) is 5.28. The molecule has 3 rings (SSSR count). The fraction of sp³-hybridized carbons (Fsp3) is 0.111. The third-order valence-electron chi connectivity index (χ3n) is 3.52. The van der Waals surface area contributed by atoms with E-state index in [0.29, 0.717) is 16.9 Å². The molecule has 0 aliphatic carbocycles. The number of hydrogen-bond acceptors (Lipinski definition) is 4. The number of halogens is 1. The van der Waals surface area contributed by atoms with Crippen molar-refractivity contribution in [3.8, 4) is 10.6 Å². The van der Waals surface area contributed by atoms with Crippen molar-refractivity contribution in [1.82, 2.24) is 10.3 Å². The molecule has 1 heterocycles. The van der Waals surface area contributed by atoms with E-state index in [-0.39, 0.29) is 24.7 Å². The molecule has 0 aliphatic heterocycles. The average Bonchev–Trinajstić information content (AvgIpc) is 3.03. The lowest BCUT2D eigenvalue weighted by Crippen LogP contribution is -2.25. The third-order valence-corrected chi connectivity index (χ3v) is 4.44. The predicted molar refractivity (Wildman–Crippen MR) is 93.9 cm³/mol. The first-order valence-electron chi connectivity index (χ1n) is 7.43. The number of benzene rings is 2. The average molecular weight is 341 g/mol. The number of nitrogen functional groups attached to an aromatic ring is 1. The second-order valence-corrected chi connectivity index (χ2v) is 6.13. The second kappa shape index (κ2) is 7.23. The topological polar surface area (TPSA) is 68.0 Å². The van der Waals surface area contributed by atoms with Crippen LogP contribution >= 0.6 is 11.3 Å². The normalized spacial score (nSPS) is 10.5. The molecule has 3 aromatic rings. The highest BCUT2D eigenvalue weighted by Crippen LogP contribution is 2.28. The van der Waals surface area contributed by atoms with E-state index < -0.39 is 0 Å². The molecule has 2 aromatic carbocycles. The molecule has 0 aliphatic rings. The number of hydrogen-bond donors (Lipinski definition) is 2. The highest BCUT2D eigenvalue weighted by molar-refractivity contribution is 7.13. The van der Waals surface area contributed by atoms with Gasteiger partial charge in [0, 0.05) is 28.7 Å². The third kappa shape index (κ3) is 3.78. The maximum Gasteiger partial charge on any atom is 0.226 e. The fourth-order valence-corrected chi connectivity index (χ4v) is 3.13. The molecule has 0 spiro atoms. The number of thiazole rings is 1. The zero-order valence-corrected chi connectivity index (χ0v) is 13.6. The van der Waals surface area contributed by atoms with Crippen LogP contribution in [0, 0.1) is 5.82 Å². The Bertz CT molecular complexity index is 863. The van der Waals surface area contributed by atoms with Gasteiger partial charge in [0.1, 0.15) is 10.8 Å². The SMILES string of the molecule is Nc1ccccc1-c1nc(CC(=O)NCc2ccccc2F)cs1. The van der Waals surface area contributed by atoms with Crippen LogP contribution in [0.5, 0.6) is 0 Å². The minimum atomic E-state index is -0.326. The highest BCUT2D eigenvalue weighted by Gasteiger charge is 2.11. The van der Waals surface area contributed by atoms with E-state index in [2.05, 4.69) is 10.3 Å². The Morgan fingerprint density at radius 2 is 1.92 bits per heavy atom.